The van der Waals surface area contributed by atoms with Gasteiger partial charge in [-0.05, 0) is 36.1 Å². The predicted octanol–water partition coefficient (Wildman–Crippen LogP) is 3.26. The van der Waals surface area contributed by atoms with Crippen LogP contribution in [0.2, 0.25) is 5.02 Å². The molecule has 0 N–H and O–H groups in total. The molecule has 0 amide bonds. The molecule has 3 nitrogen and oxygen atoms in total. The first-order valence-electron chi connectivity index (χ1n) is 6.01. The summed E-state index contributed by atoms with van der Waals surface area (Å²) < 4.78 is 1.69. The monoisotopic (exact) mass is 260 g/mol. The van der Waals surface area contributed by atoms with E-state index in [9.17, 15) is 4.79 Å². The molecule has 1 aliphatic rings. The molecule has 0 saturated carbocycles. The van der Waals surface area contributed by atoms with Crippen molar-refractivity contribution in [2.24, 2.45) is 7.05 Å². The third-order valence-corrected chi connectivity index (χ3v) is 3.54. The van der Waals surface area contributed by atoms with Gasteiger partial charge in [0.25, 0.3) is 0 Å². The van der Waals surface area contributed by atoms with Gasteiger partial charge in [0.2, 0.25) is 0 Å². The number of fused-ring (bicyclic) bond motifs is 3. The number of hydrogen-bond acceptors (Lipinski definition) is 2. The molecule has 1 aromatic heterocycles. The number of carbonyl (C=O) groups is 1. The minimum Gasteiger partial charge on any atom is -0.292 e. The highest BCUT2D eigenvalue weighted by Gasteiger charge is 2.21. The van der Waals surface area contributed by atoms with Crippen molar-refractivity contribution < 1.29 is 4.79 Å². The van der Waals surface area contributed by atoms with E-state index in [0.717, 1.165) is 24.0 Å². The van der Waals surface area contributed by atoms with Crippen LogP contribution in [0, 0.1) is 0 Å². The molecule has 1 aliphatic carbocycles. The van der Waals surface area contributed by atoms with E-state index in [4.69, 9.17) is 11.6 Å². The first-order valence-corrected chi connectivity index (χ1v) is 6.38. The van der Waals surface area contributed by atoms with Crippen molar-refractivity contribution in [3.63, 3.8) is 0 Å². The lowest BCUT2D eigenvalue weighted by molar-refractivity contribution is 0.0975. The normalized spacial score (nSPS) is 14.7. The molecule has 2 aromatic rings. The molecular formula is C14H13ClN2O. The second kappa shape index (κ2) is 4.25. The van der Waals surface area contributed by atoms with Crippen LogP contribution in [0.3, 0.4) is 0 Å². The number of aromatic nitrogens is 2. The van der Waals surface area contributed by atoms with Crippen LogP contribution in [0.1, 0.15) is 28.9 Å². The lowest BCUT2D eigenvalue weighted by Gasteiger charge is -2.13. The number of halogens is 1. The maximum absolute atomic E-state index is 12.1. The van der Waals surface area contributed by atoms with Gasteiger partial charge in [-0.25, -0.2) is 0 Å². The molecule has 3 rings (SSSR count). The van der Waals surface area contributed by atoms with E-state index in [1.165, 1.54) is 5.56 Å². The Morgan fingerprint density at radius 2 is 2.11 bits per heavy atom. The van der Waals surface area contributed by atoms with Crippen molar-refractivity contribution in [3.8, 4) is 11.1 Å². The van der Waals surface area contributed by atoms with Crippen LogP contribution in [0.25, 0.3) is 11.1 Å². The number of ketones is 1. The summed E-state index contributed by atoms with van der Waals surface area (Å²) in [5.74, 6) is 0.122. The van der Waals surface area contributed by atoms with Crippen molar-refractivity contribution >= 4 is 17.4 Å². The van der Waals surface area contributed by atoms with Crippen LogP contribution < -0.4 is 0 Å². The lowest BCUT2D eigenvalue weighted by atomic mass is 9.91. The summed E-state index contributed by atoms with van der Waals surface area (Å²) in [4.78, 5) is 12.1. The average Bonchev–Trinajstić information content (AvgIpc) is 2.71. The number of rotatable bonds is 0. The molecule has 0 fully saturated rings. The zero-order valence-electron chi connectivity index (χ0n) is 10.1. The second-order valence-corrected chi connectivity index (χ2v) is 5.08. The van der Waals surface area contributed by atoms with Gasteiger partial charge in [0, 0.05) is 30.3 Å². The standard InChI is InChI=1S/C14H13ClN2O/c1-17-8-12-11-7-10(15)6-5-9(11)3-2-4-13(18)14(12)16-17/h5-8H,2-4H2,1H3. The van der Waals surface area contributed by atoms with Crippen molar-refractivity contribution in [3.05, 3.63) is 40.7 Å². The molecule has 18 heavy (non-hydrogen) atoms. The molecule has 0 radical (unpaired) electrons. The minimum absolute atomic E-state index is 0.122. The Labute approximate surface area is 110 Å². The molecule has 1 heterocycles. The summed E-state index contributed by atoms with van der Waals surface area (Å²) in [5.41, 5.74) is 3.75. The van der Waals surface area contributed by atoms with E-state index in [1.807, 2.05) is 31.4 Å². The minimum atomic E-state index is 0.122. The number of aryl methyl sites for hydroxylation is 2. The van der Waals surface area contributed by atoms with Crippen LogP contribution in [0.5, 0.6) is 0 Å². The molecule has 0 spiro atoms. The highest BCUT2D eigenvalue weighted by molar-refractivity contribution is 6.31. The Morgan fingerprint density at radius 1 is 1.28 bits per heavy atom. The molecule has 1 aromatic carbocycles. The number of carbonyl (C=O) groups excluding carboxylic acids is 1. The Bertz CT molecular complexity index is 631. The quantitative estimate of drug-likeness (QED) is 0.729. The van der Waals surface area contributed by atoms with E-state index in [2.05, 4.69) is 5.10 Å². The molecule has 0 bridgehead atoms. The van der Waals surface area contributed by atoms with Gasteiger partial charge >= 0.3 is 0 Å². The molecule has 0 atom stereocenters. The number of hydrogen-bond donors (Lipinski definition) is 0. The highest BCUT2D eigenvalue weighted by Crippen LogP contribution is 2.32. The third kappa shape index (κ3) is 1.85. The SMILES string of the molecule is Cn1cc2c(n1)C(=O)CCCc1ccc(Cl)cc1-2. The second-order valence-electron chi connectivity index (χ2n) is 4.64. The first kappa shape index (κ1) is 11.5. The van der Waals surface area contributed by atoms with Gasteiger partial charge in [-0.1, -0.05) is 17.7 Å². The molecule has 0 saturated heterocycles. The van der Waals surface area contributed by atoms with Crippen LogP contribution in [0.15, 0.2) is 24.4 Å². The van der Waals surface area contributed by atoms with Gasteiger partial charge in [-0.15, -0.1) is 0 Å². The first-order chi connectivity index (χ1) is 8.65. The van der Waals surface area contributed by atoms with Gasteiger partial charge in [-0.3, -0.25) is 9.48 Å². The van der Waals surface area contributed by atoms with E-state index in [-0.39, 0.29) is 5.78 Å². The van der Waals surface area contributed by atoms with Crippen LogP contribution in [-0.4, -0.2) is 15.6 Å². The Morgan fingerprint density at radius 3 is 2.94 bits per heavy atom. The number of Topliss-reactive ketones (excluding diaryl/α,β-unsaturated/α-hetero) is 1. The fourth-order valence-electron chi connectivity index (χ4n) is 2.47. The van der Waals surface area contributed by atoms with Crippen molar-refractivity contribution in [1.29, 1.82) is 0 Å². The fraction of sp³-hybridized carbons (Fsp3) is 0.286. The van der Waals surface area contributed by atoms with Gasteiger partial charge < -0.3 is 0 Å². The Hall–Kier alpha value is -1.61. The summed E-state index contributed by atoms with van der Waals surface area (Å²) in [5, 5.41) is 4.98. The number of nitrogens with zero attached hydrogens (tertiary/aromatic N) is 2. The topological polar surface area (TPSA) is 34.9 Å². The Kier molecular flexibility index (Phi) is 2.71. The van der Waals surface area contributed by atoms with Crippen molar-refractivity contribution in [1.82, 2.24) is 9.78 Å². The van der Waals surface area contributed by atoms with Crippen LogP contribution in [0.4, 0.5) is 0 Å². The molecule has 0 unspecified atom stereocenters. The van der Waals surface area contributed by atoms with Crippen LogP contribution >= 0.6 is 11.6 Å². The van der Waals surface area contributed by atoms with Crippen LogP contribution in [-0.2, 0) is 13.5 Å². The zero-order valence-corrected chi connectivity index (χ0v) is 10.9. The number of benzene rings is 1. The maximum Gasteiger partial charge on any atom is 0.183 e. The van der Waals surface area contributed by atoms with E-state index in [1.54, 1.807) is 4.68 Å². The third-order valence-electron chi connectivity index (χ3n) is 3.30. The highest BCUT2D eigenvalue weighted by atomic mass is 35.5. The summed E-state index contributed by atoms with van der Waals surface area (Å²) in [6.45, 7) is 0. The van der Waals surface area contributed by atoms with E-state index in [0.29, 0.717) is 17.1 Å². The molecule has 4 heteroatoms. The summed E-state index contributed by atoms with van der Waals surface area (Å²) in [6.07, 6.45) is 4.23. The smallest absolute Gasteiger partial charge is 0.183 e. The predicted molar refractivity (Wildman–Crippen MR) is 70.9 cm³/mol. The van der Waals surface area contributed by atoms with Gasteiger partial charge in [-0.2, -0.15) is 5.10 Å². The van der Waals surface area contributed by atoms with E-state index < -0.39 is 0 Å². The molecular weight excluding hydrogens is 248 g/mol. The zero-order chi connectivity index (χ0) is 12.7. The average molecular weight is 261 g/mol. The fourth-order valence-corrected chi connectivity index (χ4v) is 2.64. The van der Waals surface area contributed by atoms with Crippen molar-refractivity contribution in [2.45, 2.75) is 19.3 Å². The molecule has 92 valence electrons. The molecule has 0 aliphatic heterocycles. The summed E-state index contributed by atoms with van der Waals surface area (Å²) in [7, 11) is 1.84. The van der Waals surface area contributed by atoms with Crippen molar-refractivity contribution in [2.75, 3.05) is 0 Å². The Balaban J connectivity index is 2.28. The maximum atomic E-state index is 12.1. The lowest BCUT2D eigenvalue weighted by Crippen LogP contribution is -2.07. The summed E-state index contributed by atoms with van der Waals surface area (Å²) >= 11 is 6.07. The van der Waals surface area contributed by atoms with Gasteiger partial charge in [0.05, 0.1) is 0 Å². The summed E-state index contributed by atoms with van der Waals surface area (Å²) in [6, 6.07) is 5.88. The van der Waals surface area contributed by atoms with Gasteiger partial charge in [0.1, 0.15) is 5.69 Å². The van der Waals surface area contributed by atoms with E-state index >= 15 is 0 Å². The van der Waals surface area contributed by atoms with Gasteiger partial charge in [0.15, 0.2) is 5.78 Å². The largest absolute Gasteiger partial charge is 0.292 e.